The van der Waals surface area contributed by atoms with Crippen LogP contribution in [-0.4, -0.2) is 58.5 Å². The fraction of sp³-hybridized carbons (Fsp3) is 0.480. The van der Waals surface area contributed by atoms with E-state index in [2.05, 4.69) is 33.0 Å². The van der Waals surface area contributed by atoms with Crippen molar-refractivity contribution < 1.29 is 9.53 Å². The Hall–Kier alpha value is -3.09. The van der Waals surface area contributed by atoms with E-state index >= 15 is 0 Å². The minimum atomic E-state index is 0.0939. The molecule has 1 spiro atoms. The van der Waals surface area contributed by atoms with Crippen LogP contribution in [0, 0.1) is 5.41 Å². The minimum absolute atomic E-state index is 0.0939. The molecule has 0 atom stereocenters. The lowest BCUT2D eigenvalue weighted by atomic mass is 9.66. The van der Waals surface area contributed by atoms with Gasteiger partial charge in [0.05, 0.1) is 5.39 Å². The number of hydrogen-bond acceptors (Lipinski definition) is 5. The maximum absolute atomic E-state index is 12.6. The van der Waals surface area contributed by atoms with E-state index in [9.17, 15) is 4.79 Å². The molecule has 168 valence electrons. The number of piperidine rings is 1. The molecule has 0 bridgehead atoms. The third-order valence-electron chi connectivity index (χ3n) is 7.51. The normalized spacial score (nSPS) is 18.7. The number of likely N-dealkylation sites (tertiary alicyclic amines) is 1. The summed E-state index contributed by atoms with van der Waals surface area (Å²) in [5, 5.41) is 1.08. The van der Waals surface area contributed by atoms with Crippen molar-refractivity contribution in [3.05, 3.63) is 48.9 Å². The van der Waals surface area contributed by atoms with Gasteiger partial charge >= 0.3 is 0 Å². The molecular formula is C25H31N5O2. The van der Waals surface area contributed by atoms with E-state index in [-0.39, 0.29) is 12.5 Å². The van der Waals surface area contributed by atoms with Crippen molar-refractivity contribution in [2.45, 2.75) is 44.6 Å². The summed E-state index contributed by atoms with van der Waals surface area (Å²) in [5.41, 5.74) is 1.27. The lowest BCUT2D eigenvalue weighted by Gasteiger charge is -2.47. The van der Waals surface area contributed by atoms with Crippen molar-refractivity contribution in [1.82, 2.24) is 19.9 Å². The van der Waals surface area contributed by atoms with Crippen LogP contribution < -0.4 is 9.64 Å². The summed E-state index contributed by atoms with van der Waals surface area (Å²) in [5.74, 6) is 1.85. The van der Waals surface area contributed by atoms with E-state index < -0.39 is 0 Å². The summed E-state index contributed by atoms with van der Waals surface area (Å²) >= 11 is 0. The molecule has 2 aromatic heterocycles. The zero-order valence-corrected chi connectivity index (χ0v) is 18.7. The molecule has 1 aliphatic heterocycles. The first-order valence-corrected chi connectivity index (χ1v) is 11.6. The van der Waals surface area contributed by atoms with Gasteiger partial charge in [-0.15, -0.1) is 0 Å². The molecule has 1 saturated carbocycles. The van der Waals surface area contributed by atoms with Crippen molar-refractivity contribution >= 4 is 22.8 Å². The van der Waals surface area contributed by atoms with Crippen LogP contribution in [0.25, 0.3) is 11.0 Å². The lowest BCUT2D eigenvalue weighted by Crippen LogP contribution is -2.47. The Bertz CT molecular complexity index is 1050. The summed E-state index contributed by atoms with van der Waals surface area (Å²) in [6, 6.07) is 12.1. The van der Waals surface area contributed by atoms with Gasteiger partial charge in [-0.2, -0.15) is 0 Å². The second-order valence-electron chi connectivity index (χ2n) is 9.26. The molecule has 1 aliphatic carbocycles. The van der Waals surface area contributed by atoms with Gasteiger partial charge in [0.1, 0.15) is 23.5 Å². The van der Waals surface area contributed by atoms with Gasteiger partial charge < -0.3 is 19.5 Å². The Morgan fingerprint density at radius 1 is 1.12 bits per heavy atom. The Morgan fingerprint density at radius 3 is 2.62 bits per heavy atom. The van der Waals surface area contributed by atoms with E-state index in [1.165, 1.54) is 12.8 Å². The third kappa shape index (κ3) is 4.16. The summed E-state index contributed by atoms with van der Waals surface area (Å²) in [4.78, 5) is 29.0. The molecule has 5 rings (SSSR count). The molecule has 1 aromatic carbocycles. The number of anilines is 1. The van der Waals surface area contributed by atoms with Gasteiger partial charge in [0.2, 0.25) is 0 Å². The fourth-order valence-corrected chi connectivity index (χ4v) is 5.40. The van der Waals surface area contributed by atoms with Crippen molar-refractivity contribution in [1.29, 1.82) is 0 Å². The van der Waals surface area contributed by atoms with Crippen LogP contribution in [0.2, 0.25) is 0 Å². The van der Waals surface area contributed by atoms with Gasteiger partial charge in [0.15, 0.2) is 6.61 Å². The zero-order valence-electron chi connectivity index (χ0n) is 18.7. The van der Waals surface area contributed by atoms with Crippen LogP contribution in [-0.2, 0) is 4.79 Å². The molecular weight excluding hydrogens is 402 g/mol. The molecule has 1 N–H and O–H groups in total. The molecule has 0 unspecified atom stereocenters. The number of carbonyl (C=O) groups is 1. The number of nitrogens with one attached hydrogen (secondary N) is 1. The second-order valence-corrected chi connectivity index (χ2v) is 9.26. The summed E-state index contributed by atoms with van der Waals surface area (Å²) < 4.78 is 5.66. The number of amides is 1. The summed E-state index contributed by atoms with van der Waals surface area (Å²) in [6.07, 6.45) is 10.5. The van der Waals surface area contributed by atoms with E-state index in [0.717, 1.165) is 61.4 Å². The Kier molecular flexibility index (Phi) is 5.72. The molecule has 2 fully saturated rings. The average Bonchev–Trinajstić information content (AvgIpc) is 3.33. The van der Waals surface area contributed by atoms with Gasteiger partial charge in [0.25, 0.3) is 5.91 Å². The number of aromatic nitrogens is 3. The molecule has 3 aromatic rings. The first kappa shape index (κ1) is 20.8. The average molecular weight is 434 g/mol. The van der Waals surface area contributed by atoms with Crippen LogP contribution in [0.3, 0.4) is 0 Å². The van der Waals surface area contributed by atoms with Crippen molar-refractivity contribution in [3.8, 4) is 5.75 Å². The lowest BCUT2D eigenvalue weighted by molar-refractivity contribution is -0.136. The number of benzene rings is 1. The molecule has 1 saturated heterocycles. The number of carbonyl (C=O) groups excluding carboxylic acids is 1. The maximum Gasteiger partial charge on any atom is 0.260 e. The van der Waals surface area contributed by atoms with Gasteiger partial charge in [0, 0.05) is 32.4 Å². The van der Waals surface area contributed by atoms with Gasteiger partial charge in [-0.05, 0) is 62.1 Å². The minimum Gasteiger partial charge on any atom is -0.484 e. The number of rotatable bonds is 5. The second kappa shape index (κ2) is 8.81. The van der Waals surface area contributed by atoms with Crippen molar-refractivity contribution in [2.75, 3.05) is 31.6 Å². The number of fused-ring (bicyclic) bond motifs is 1. The quantitative estimate of drug-likeness (QED) is 0.658. The molecule has 0 radical (unpaired) electrons. The van der Waals surface area contributed by atoms with Crippen LogP contribution in [0.15, 0.2) is 48.9 Å². The largest absolute Gasteiger partial charge is 0.484 e. The highest BCUT2D eigenvalue weighted by atomic mass is 16.5. The Balaban J connectivity index is 1.13. The number of para-hydroxylation sites is 1. The maximum atomic E-state index is 12.6. The number of nitrogens with zero attached hydrogens (tertiary/aromatic N) is 4. The topological polar surface area (TPSA) is 74.4 Å². The smallest absolute Gasteiger partial charge is 0.260 e. The summed E-state index contributed by atoms with van der Waals surface area (Å²) in [6.45, 7) is 1.80. The molecule has 32 heavy (non-hydrogen) atoms. The van der Waals surface area contributed by atoms with E-state index in [1.54, 1.807) is 6.33 Å². The Morgan fingerprint density at radius 2 is 1.88 bits per heavy atom. The van der Waals surface area contributed by atoms with Crippen LogP contribution in [0.1, 0.15) is 38.5 Å². The van der Waals surface area contributed by atoms with Gasteiger partial charge in [-0.25, -0.2) is 9.97 Å². The molecule has 3 heterocycles. The van der Waals surface area contributed by atoms with Crippen LogP contribution in [0.4, 0.5) is 5.82 Å². The Labute approximate surface area is 188 Å². The predicted octanol–water partition coefficient (Wildman–Crippen LogP) is 4.02. The highest BCUT2D eigenvalue weighted by molar-refractivity contribution is 5.87. The highest BCUT2D eigenvalue weighted by Gasteiger charge is 2.40. The van der Waals surface area contributed by atoms with E-state index in [0.29, 0.717) is 11.5 Å². The van der Waals surface area contributed by atoms with Crippen LogP contribution in [0.5, 0.6) is 5.75 Å². The van der Waals surface area contributed by atoms with E-state index in [4.69, 9.17) is 4.74 Å². The first-order chi connectivity index (χ1) is 15.6. The molecule has 7 heteroatoms. The number of aromatic amines is 1. The SMILES string of the molecule is CN(c1ncnc2[nH]ccc12)C1CCC2(CC1)CCN(C(=O)COc1ccccc1)CC2. The van der Waals surface area contributed by atoms with Crippen molar-refractivity contribution in [2.24, 2.45) is 5.41 Å². The first-order valence-electron chi connectivity index (χ1n) is 11.6. The van der Waals surface area contributed by atoms with Crippen molar-refractivity contribution in [3.63, 3.8) is 0 Å². The number of H-pyrrole nitrogens is 1. The molecule has 2 aliphatic rings. The predicted molar refractivity (Wildman–Crippen MR) is 125 cm³/mol. The third-order valence-corrected chi connectivity index (χ3v) is 7.51. The molecule has 7 nitrogen and oxygen atoms in total. The molecule has 1 amide bonds. The van der Waals surface area contributed by atoms with Gasteiger partial charge in [-0.1, -0.05) is 18.2 Å². The standard InChI is InChI=1S/C25H31N5O2/c1-29(24-21-9-14-26-23(21)27-18-28-24)19-7-10-25(11-8-19)12-15-30(16-13-25)22(31)17-32-20-5-3-2-4-6-20/h2-6,9,14,18-19H,7-8,10-13,15-17H2,1H3,(H,26,27,28). The van der Waals surface area contributed by atoms with Crippen LogP contribution >= 0.6 is 0 Å². The van der Waals surface area contributed by atoms with Gasteiger partial charge in [-0.3, -0.25) is 4.79 Å². The number of ether oxygens (including phenoxy) is 1. The zero-order chi connectivity index (χ0) is 22.0. The monoisotopic (exact) mass is 433 g/mol. The highest BCUT2D eigenvalue weighted by Crippen LogP contribution is 2.46. The number of hydrogen-bond donors (Lipinski definition) is 1. The summed E-state index contributed by atoms with van der Waals surface area (Å²) in [7, 11) is 2.16. The van der Waals surface area contributed by atoms with E-state index in [1.807, 2.05) is 41.4 Å². The fourth-order valence-electron chi connectivity index (χ4n) is 5.40.